The van der Waals surface area contributed by atoms with Crippen LogP contribution in [0.3, 0.4) is 0 Å². The highest BCUT2D eigenvalue weighted by Crippen LogP contribution is 2.31. The van der Waals surface area contributed by atoms with E-state index in [1.807, 2.05) is 0 Å². The number of nitrogens with one attached hydrogen (secondary N) is 1. The lowest BCUT2D eigenvalue weighted by molar-refractivity contribution is 0.392. The largest absolute Gasteiger partial charge is 0.496 e. The van der Waals surface area contributed by atoms with Crippen LogP contribution in [-0.4, -0.2) is 13.7 Å². The van der Waals surface area contributed by atoms with Gasteiger partial charge in [0.1, 0.15) is 5.75 Å². The zero-order chi connectivity index (χ0) is 14.8. The minimum absolute atomic E-state index is 0.393. The Morgan fingerprint density at radius 2 is 1.90 bits per heavy atom. The Morgan fingerprint density at radius 1 is 1.15 bits per heavy atom. The quantitative estimate of drug-likeness (QED) is 0.569. The zero-order valence-electron chi connectivity index (χ0n) is 13.0. The maximum absolute atomic E-state index is 5.53. The maximum atomic E-state index is 5.53. The predicted octanol–water partition coefficient (Wildman–Crippen LogP) is 5.47. The summed E-state index contributed by atoms with van der Waals surface area (Å²) < 4.78 is 6.59. The summed E-state index contributed by atoms with van der Waals surface area (Å²) >= 11 is 3.51. The van der Waals surface area contributed by atoms with E-state index in [9.17, 15) is 0 Å². The van der Waals surface area contributed by atoms with E-state index >= 15 is 0 Å². The van der Waals surface area contributed by atoms with Crippen LogP contribution in [0.5, 0.6) is 5.75 Å². The molecule has 0 spiro atoms. The fraction of sp³-hybridized carbons (Fsp3) is 0.647. The standard InChI is InChI=1S/C17H28BrNO/c1-4-6-7-8-9-10-16(19-5-2)15-12-11-14(18)13-17(15)20-3/h11-13,16,19H,4-10H2,1-3H3. The third-order valence-corrected chi connectivity index (χ3v) is 4.11. The first-order valence-electron chi connectivity index (χ1n) is 7.79. The lowest BCUT2D eigenvalue weighted by atomic mass is 9.99. The Balaban J connectivity index is 2.65. The normalized spacial score (nSPS) is 12.4. The molecule has 0 aliphatic heterocycles. The monoisotopic (exact) mass is 341 g/mol. The molecule has 20 heavy (non-hydrogen) atoms. The molecule has 2 nitrogen and oxygen atoms in total. The van der Waals surface area contributed by atoms with Gasteiger partial charge in [-0.05, 0) is 25.1 Å². The third-order valence-electron chi connectivity index (χ3n) is 3.62. The highest BCUT2D eigenvalue weighted by atomic mass is 79.9. The maximum Gasteiger partial charge on any atom is 0.124 e. The van der Waals surface area contributed by atoms with Gasteiger partial charge in [0, 0.05) is 16.1 Å². The molecule has 1 rings (SSSR count). The van der Waals surface area contributed by atoms with E-state index in [0.29, 0.717) is 6.04 Å². The summed E-state index contributed by atoms with van der Waals surface area (Å²) in [6.45, 7) is 5.41. The summed E-state index contributed by atoms with van der Waals surface area (Å²) in [6, 6.07) is 6.71. The molecule has 0 aliphatic rings. The smallest absolute Gasteiger partial charge is 0.124 e. The van der Waals surface area contributed by atoms with Crippen LogP contribution in [0.15, 0.2) is 22.7 Å². The van der Waals surface area contributed by atoms with Crippen LogP contribution in [-0.2, 0) is 0 Å². The van der Waals surface area contributed by atoms with Gasteiger partial charge in [0.2, 0.25) is 0 Å². The van der Waals surface area contributed by atoms with Gasteiger partial charge in [-0.2, -0.15) is 0 Å². The SMILES string of the molecule is CCCCCCCC(NCC)c1ccc(Br)cc1OC. The molecule has 0 aromatic heterocycles. The molecule has 0 aliphatic carbocycles. The van der Waals surface area contributed by atoms with E-state index in [0.717, 1.165) is 16.8 Å². The Hall–Kier alpha value is -0.540. The molecule has 1 aromatic carbocycles. The van der Waals surface area contributed by atoms with Crippen molar-refractivity contribution < 1.29 is 4.74 Å². The molecular weight excluding hydrogens is 314 g/mol. The molecule has 1 aromatic rings. The third kappa shape index (κ3) is 5.84. The summed E-state index contributed by atoms with van der Waals surface area (Å²) in [5.41, 5.74) is 1.27. The summed E-state index contributed by atoms with van der Waals surface area (Å²) in [5, 5.41) is 3.59. The summed E-state index contributed by atoms with van der Waals surface area (Å²) in [7, 11) is 1.75. The Labute approximate surface area is 132 Å². The van der Waals surface area contributed by atoms with E-state index in [-0.39, 0.29) is 0 Å². The molecule has 3 heteroatoms. The molecule has 114 valence electrons. The van der Waals surface area contributed by atoms with Crippen molar-refractivity contribution >= 4 is 15.9 Å². The number of methoxy groups -OCH3 is 1. The van der Waals surface area contributed by atoms with Crippen LogP contribution in [0.2, 0.25) is 0 Å². The molecule has 0 bridgehead atoms. The first-order chi connectivity index (χ1) is 9.72. The van der Waals surface area contributed by atoms with E-state index in [2.05, 4.69) is 53.3 Å². The van der Waals surface area contributed by atoms with Gasteiger partial charge in [0.15, 0.2) is 0 Å². The fourth-order valence-electron chi connectivity index (χ4n) is 2.54. The van der Waals surface area contributed by atoms with Gasteiger partial charge in [-0.3, -0.25) is 0 Å². The van der Waals surface area contributed by atoms with E-state index in [4.69, 9.17) is 4.74 Å². The highest BCUT2D eigenvalue weighted by molar-refractivity contribution is 9.10. The molecular formula is C17H28BrNO. The van der Waals surface area contributed by atoms with Crippen LogP contribution >= 0.6 is 15.9 Å². The van der Waals surface area contributed by atoms with Gasteiger partial charge >= 0.3 is 0 Å². The minimum Gasteiger partial charge on any atom is -0.496 e. The number of hydrogen-bond donors (Lipinski definition) is 1. The average molecular weight is 342 g/mol. The van der Waals surface area contributed by atoms with E-state index in [1.54, 1.807) is 7.11 Å². The van der Waals surface area contributed by atoms with Gasteiger partial charge in [-0.15, -0.1) is 0 Å². The van der Waals surface area contributed by atoms with Crippen molar-refractivity contribution in [2.24, 2.45) is 0 Å². The van der Waals surface area contributed by atoms with Crippen molar-refractivity contribution in [1.82, 2.24) is 5.32 Å². The number of benzene rings is 1. The first kappa shape index (κ1) is 17.5. The predicted molar refractivity (Wildman–Crippen MR) is 90.5 cm³/mol. The van der Waals surface area contributed by atoms with Gasteiger partial charge in [-0.1, -0.05) is 67.9 Å². The molecule has 0 fully saturated rings. The summed E-state index contributed by atoms with van der Waals surface area (Å²) in [4.78, 5) is 0. The molecule has 1 N–H and O–H groups in total. The van der Waals surface area contributed by atoms with Crippen molar-refractivity contribution in [3.63, 3.8) is 0 Å². The fourth-order valence-corrected chi connectivity index (χ4v) is 2.88. The summed E-state index contributed by atoms with van der Waals surface area (Å²) in [6.07, 6.45) is 7.79. The first-order valence-corrected chi connectivity index (χ1v) is 8.59. The van der Waals surface area contributed by atoms with E-state index < -0.39 is 0 Å². The van der Waals surface area contributed by atoms with Crippen LogP contribution < -0.4 is 10.1 Å². The molecule has 0 amide bonds. The topological polar surface area (TPSA) is 21.3 Å². The van der Waals surface area contributed by atoms with Crippen molar-refractivity contribution in [2.75, 3.05) is 13.7 Å². The second-order valence-electron chi connectivity index (χ2n) is 5.20. The molecule has 1 atom stereocenters. The molecule has 0 saturated heterocycles. The van der Waals surface area contributed by atoms with Gasteiger partial charge in [0.05, 0.1) is 7.11 Å². The van der Waals surface area contributed by atoms with Crippen LogP contribution in [0.1, 0.15) is 64.0 Å². The molecule has 0 heterocycles. The Morgan fingerprint density at radius 3 is 2.55 bits per heavy atom. The molecule has 0 radical (unpaired) electrons. The van der Waals surface area contributed by atoms with Gasteiger partial charge in [-0.25, -0.2) is 0 Å². The average Bonchev–Trinajstić information content (AvgIpc) is 2.46. The van der Waals surface area contributed by atoms with Crippen LogP contribution in [0.4, 0.5) is 0 Å². The molecule has 1 unspecified atom stereocenters. The van der Waals surface area contributed by atoms with Gasteiger partial charge < -0.3 is 10.1 Å². The lowest BCUT2D eigenvalue weighted by Gasteiger charge is -2.21. The lowest BCUT2D eigenvalue weighted by Crippen LogP contribution is -2.21. The minimum atomic E-state index is 0.393. The highest BCUT2D eigenvalue weighted by Gasteiger charge is 2.15. The number of hydrogen-bond acceptors (Lipinski definition) is 2. The number of unbranched alkanes of at least 4 members (excludes halogenated alkanes) is 4. The number of ether oxygens (including phenoxy) is 1. The van der Waals surface area contributed by atoms with Crippen molar-refractivity contribution in [3.8, 4) is 5.75 Å². The number of halogens is 1. The van der Waals surface area contributed by atoms with Crippen molar-refractivity contribution in [1.29, 1.82) is 0 Å². The molecule has 0 saturated carbocycles. The number of rotatable bonds is 10. The van der Waals surface area contributed by atoms with Crippen LogP contribution in [0.25, 0.3) is 0 Å². The van der Waals surface area contributed by atoms with Crippen LogP contribution in [0, 0.1) is 0 Å². The van der Waals surface area contributed by atoms with Crippen molar-refractivity contribution in [3.05, 3.63) is 28.2 Å². The zero-order valence-corrected chi connectivity index (χ0v) is 14.6. The Kier molecular flexibility index (Phi) is 8.95. The Bertz CT molecular complexity index is 381. The second kappa shape index (κ2) is 10.2. The summed E-state index contributed by atoms with van der Waals surface area (Å²) in [5.74, 6) is 0.971. The second-order valence-corrected chi connectivity index (χ2v) is 6.12. The van der Waals surface area contributed by atoms with Crippen molar-refractivity contribution in [2.45, 2.75) is 58.4 Å². The van der Waals surface area contributed by atoms with E-state index in [1.165, 1.54) is 44.1 Å². The van der Waals surface area contributed by atoms with Gasteiger partial charge in [0.25, 0.3) is 0 Å².